The summed E-state index contributed by atoms with van der Waals surface area (Å²) < 4.78 is 0. The molecule has 4 aromatic rings. The quantitative estimate of drug-likeness (QED) is 0.190. The van der Waals surface area contributed by atoms with Crippen molar-refractivity contribution >= 4 is 35.6 Å². The first kappa shape index (κ1) is 25.9. The van der Waals surface area contributed by atoms with Crippen LogP contribution in [0.1, 0.15) is 0 Å². The summed E-state index contributed by atoms with van der Waals surface area (Å²) in [5.74, 6) is 0. The molecule has 0 aromatic carbocycles. The smallest absolute Gasteiger partial charge is 0.423 e. The van der Waals surface area contributed by atoms with Gasteiger partial charge in [0, 0.05) is 66.4 Å². The number of halogens is 1. The zero-order chi connectivity index (χ0) is 24.9. The molecule has 0 radical (unpaired) electrons. The molecule has 0 spiro atoms. The number of pyridine rings is 4. The maximum Gasteiger partial charge on any atom is 0.490 e. The fourth-order valence-electron chi connectivity index (χ4n) is 2.24. The van der Waals surface area contributed by atoms with Gasteiger partial charge in [-0.05, 0) is 18.2 Å². The molecule has 172 valence electrons. The number of nitro groups is 2. The molecule has 0 saturated carbocycles. The zero-order valence-corrected chi connectivity index (χ0v) is 18.0. The average Bonchev–Trinajstić information content (AvgIpc) is 2.86. The van der Waals surface area contributed by atoms with Gasteiger partial charge in [-0.25, -0.2) is 4.98 Å². The van der Waals surface area contributed by atoms with Crippen molar-refractivity contribution in [2.45, 2.75) is 0 Å². The summed E-state index contributed by atoms with van der Waals surface area (Å²) in [6.45, 7) is 0. The molecule has 4 heterocycles. The predicted molar refractivity (Wildman–Crippen MR) is 124 cm³/mol. The minimum Gasteiger partial charge on any atom is -0.423 e. The van der Waals surface area contributed by atoms with E-state index >= 15 is 0 Å². The number of nitrogens with zero attached hydrogens (tertiary/aromatic N) is 6. The Morgan fingerprint density at radius 1 is 0.794 bits per heavy atom. The summed E-state index contributed by atoms with van der Waals surface area (Å²) in [6, 6.07) is 12.1. The van der Waals surface area contributed by atoms with Crippen LogP contribution in [0.25, 0.3) is 11.3 Å². The number of aromatic nitrogens is 4. The molecule has 12 nitrogen and oxygen atoms in total. The summed E-state index contributed by atoms with van der Waals surface area (Å²) in [5.41, 5.74) is 1.72. The molecule has 4 rings (SSSR count). The van der Waals surface area contributed by atoms with Crippen molar-refractivity contribution in [2.24, 2.45) is 0 Å². The van der Waals surface area contributed by atoms with Gasteiger partial charge in [-0.3, -0.25) is 35.2 Å². The molecule has 0 bridgehead atoms. The van der Waals surface area contributed by atoms with Crippen molar-refractivity contribution in [3.8, 4) is 11.3 Å². The van der Waals surface area contributed by atoms with Gasteiger partial charge in [0.15, 0.2) is 0 Å². The second kappa shape index (κ2) is 13.3. The Kier molecular flexibility index (Phi) is 10.1. The van der Waals surface area contributed by atoms with Crippen LogP contribution in [-0.4, -0.2) is 46.9 Å². The van der Waals surface area contributed by atoms with Crippen molar-refractivity contribution in [1.29, 1.82) is 0 Å². The van der Waals surface area contributed by atoms with Gasteiger partial charge in [-0.15, -0.1) is 0 Å². The van der Waals surface area contributed by atoms with Crippen molar-refractivity contribution in [2.75, 3.05) is 0 Å². The van der Waals surface area contributed by atoms with Gasteiger partial charge in [0.05, 0.1) is 21.6 Å². The topological polar surface area (TPSA) is 178 Å². The molecule has 0 atom stereocenters. The van der Waals surface area contributed by atoms with Gasteiger partial charge in [-0.1, -0.05) is 17.7 Å². The SMILES string of the molecule is O=[N+]([O-])c1ccnc(-c2cccnc2)c1.O=[N+]([O-])c1ccnc(Cl)c1.OB(O)c1cccnc1. The molecular formula is C20H16BClN6O6. The molecule has 0 aliphatic rings. The first-order valence-electron chi connectivity index (χ1n) is 9.30. The lowest BCUT2D eigenvalue weighted by Gasteiger charge is -1.98. The summed E-state index contributed by atoms with van der Waals surface area (Å²) in [4.78, 5) is 34.9. The molecular weight excluding hydrogens is 467 g/mol. The van der Waals surface area contributed by atoms with Crippen molar-refractivity contribution in [3.63, 3.8) is 0 Å². The number of hydrogen-bond acceptors (Lipinski definition) is 10. The van der Waals surface area contributed by atoms with Crippen molar-refractivity contribution in [1.82, 2.24) is 19.9 Å². The van der Waals surface area contributed by atoms with Crippen LogP contribution in [0.5, 0.6) is 0 Å². The van der Waals surface area contributed by atoms with Crippen LogP contribution in [0.4, 0.5) is 11.4 Å². The highest BCUT2D eigenvalue weighted by Crippen LogP contribution is 2.19. The minimum absolute atomic E-state index is 0.0313. The maximum atomic E-state index is 10.5. The van der Waals surface area contributed by atoms with Gasteiger partial charge >= 0.3 is 7.12 Å². The van der Waals surface area contributed by atoms with Gasteiger partial charge in [0.1, 0.15) is 5.15 Å². The lowest BCUT2D eigenvalue weighted by atomic mass is 9.82. The van der Waals surface area contributed by atoms with E-state index in [1.54, 1.807) is 42.9 Å². The molecule has 34 heavy (non-hydrogen) atoms. The van der Waals surface area contributed by atoms with Crippen LogP contribution >= 0.6 is 11.6 Å². The summed E-state index contributed by atoms with van der Waals surface area (Å²) in [5, 5.41) is 37.8. The second-order valence-electron chi connectivity index (χ2n) is 6.15. The molecule has 0 unspecified atom stereocenters. The van der Waals surface area contributed by atoms with Gasteiger partial charge in [0.25, 0.3) is 11.4 Å². The zero-order valence-electron chi connectivity index (χ0n) is 17.2. The van der Waals surface area contributed by atoms with Gasteiger partial charge < -0.3 is 10.0 Å². The molecule has 0 fully saturated rings. The predicted octanol–water partition coefficient (Wildman–Crippen LogP) is 2.46. The Morgan fingerprint density at radius 3 is 1.82 bits per heavy atom. The average molecular weight is 483 g/mol. The highest BCUT2D eigenvalue weighted by Gasteiger charge is 2.09. The fraction of sp³-hybridized carbons (Fsp3) is 0. The molecule has 0 amide bonds. The summed E-state index contributed by atoms with van der Waals surface area (Å²) >= 11 is 5.37. The van der Waals surface area contributed by atoms with Crippen LogP contribution in [-0.2, 0) is 0 Å². The van der Waals surface area contributed by atoms with E-state index in [1.807, 2.05) is 0 Å². The van der Waals surface area contributed by atoms with E-state index in [4.69, 9.17) is 21.6 Å². The third-order valence-corrected chi connectivity index (χ3v) is 4.02. The summed E-state index contributed by atoms with van der Waals surface area (Å²) in [6.07, 6.45) is 8.95. The third kappa shape index (κ3) is 8.66. The maximum absolute atomic E-state index is 10.5. The largest absolute Gasteiger partial charge is 0.490 e. The normalized spacial score (nSPS) is 9.50. The van der Waals surface area contributed by atoms with Crippen LogP contribution in [0.2, 0.25) is 5.15 Å². The highest BCUT2D eigenvalue weighted by atomic mass is 35.5. The van der Waals surface area contributed by atoms with E-state index in [1.165, 1.54) is 42.9 Å². The molecule has 0 aliphatic heterocycles. The molecule has 0 aliphatic carbocycles. The Balaban J connectivity index is 0.000000189. The van der Waals surface area contributed by atoms with E-state index < -0.39 is 17.0 Å². The van der Waals surface area contributed by atoms with E-state index in [-0.39, 0.29) is 16.5 Å². The Morgan fingerprint density at radius 2 is 1.38 bits per heavy atom. The van der Waals surface area contributed by atoms with Crippen molar-refractivity contribution < 1.29 is 19.9 Å². The van der Waals surface area contributed by atoms with E-state index in [2.05, 4.69) is 19.9 Å². The molecule has 0 saturated heterocycles. The Labute approximate surface area is 198 Å². The molecule has 2 N–H and O–H groups in total. The van der Waals surface area contributed by atoms with Gasteiger partial charge in [0.2, 0.25) is 0 Å². The second-order valence-corrected chi connectivity index (χ2v) is 6.54. The molecule has 14 heteroatoms. The van der Waals surface area contributed by atoms with Crippen molar-refractivity contribution in [3.05, 3.63) is 111 Å². The first-order valence-corrected chi connectivity index (χ1v) is 9.68. The van der Waals surface area contributed by atoms with E-state index in [9.17, 15) is 20.2 Å². The number of rotatable bonds is 4. The molecule has 4 aromatic heterocycles. The Bertz CT molecular complexity index is 1220. The van der Waals surface area contributed by atoms with Crippen LogP contribution in [0, 0.1) is 20.2 Å². The van der Waals surface area contributed by atoms with E-state index in [0.29, 0.717) is 11.2 Å². The van der Waals surface area contributed by atoms with Crippen LogP contribution in [0.3, 0.4) is 0 Å². The Hall–Kier alpha value is -4.33. The van der Waals surface area contributed by atoms with Gasteiger partial charge in [-0.2, -0.15) is 0 Å². The fourth-order valence-corrected chi connectivity index (χ4v) is 2.41. The lowest BCUT2D eigenvalue weighted by molar-refractivity contribution is -0.385. The minimum atomic E-state index is -1.40. The third-order valence-electron chi connectivity index (χ3n) is 3.82. The summed E-state index contributed by atoms with van der Waals surface area (Å²) in [7, 11) is -1.40. The number of hydrogen-bond donors (Lipinski definition) is 2. The van der Waals surface area contributed by atoms with E-state index in [0.717, 1.165) is 5.56 Å². The van der Waals surface area contributed by atoms with Crippen LogP contribution in [0.15, 0.2) is 85.7 Å². The first-order chi connectivity index (χ1) is 16.3. The lowest BCUT2D eigenvalue weighted by Crippen LogP contribution is -2.29. The highest BCUT2D eigenvalue weighted by molar-refractivity contribution is 6.58. The standard InChI is InChI=1S/C10H7N3O2.C5H6BNO2.C5H3ClN2O2/c14-13(15)9-3-5-12-10(6-9)8-2-1-4-11-7-8;8-6(9)5-2-1-3-7-4-5;6-5-3-4(8(9)10)1-2-7-5/h1-7H;1-4,8-9H;1-3H. The monoisotopic (exact) mass is 482 g/mol. The van der Waals surface area contributed by atoms with Crippen LogP contribution < -0.4 is 5.46 Å².